The summed E-state index contributed by atoms with van der Waals surface area (Å²) in [6.07, 6.45) is 0. The van der Waals surface area contributed by atoms with Gasteiger partial charge in [-0.3, -0.25) is 14.7 Å². The standard InChI is InChI=1S/C22H13ClN6O2/c1-12-18(22(31)27-16-8-7-15(23)9-14(16)10-24)20(30)21-26-17(11-25)19(29(21)28-12)13-5-3-2-4-6-13/h2-9,28H,1H3,(H,27,31). The number of aromatic amines is 1. The quantitative estimate of drug-likeness (QED) is 0.515. The third-order valence-corrected chi connectivity index (χ3v) is 4.93. The van der Waals surface area contributed by atoms with Crippen molar-refractivity contribution in [1.29, 1.82) is 10.5 Å². The molecule has 0 aliphatic carbocycles. The van der Waals surface area contributed by atoms with Crippen molar-refractivity contribution in [3.05, 3.63) is 86.3 Å². The average molecular weight is 429 g/mol. The lowest BCUT2D eigenvalue weighted by atomic mass is 10.1. The zero-order valence-electron chi connectivity index (χ0n) is 16.1. The molecule has 2 aromatic carbocycles. The largest absolute Gasteiger partial charge is 0.321 e. The molecule has 0 saturated carbocycles. The third kappa shape index (κ3) is 3.42. The fraction of sp³-hybridized carbons (Fsp3) is 0.0455. The van der Waals surface area contributed by atoms with Gasteiger partial charge in [0.25, 0.3) is 5.91 Å². The number of amides is 1. The first-order valence-electron chi connectivity index (χ1n) is 9.06. The maximum atomic E-state index is 13.1. The van der Waals surface area contributed by atoms with E-state index in [1.54, 1.807) is 19.1 Å². The highest BCUT2D eigenvalue weighted by Gasteiger charge is 2.23. The lowest BCUT2D eigenvalue weighted by molar-refractivity contribution is 0.102. The summed E-state index contributed by atoms with van der Waals surface area (Å²) in [4.78, 5) is 30.2. The molecule has 0 fully saturated rings. The van der Waals surface area contributed by atoms with E-state index >= 15 is 0 Å². The highest BCUT2D eigenvalue weighted by molar-refractivity contribution is 6.30. The van der Waals surface area contributed by atoms with Crippen LogP contribution in [0.25, 0.3) is 16.9 Å². The van der Waals surface area contributed by atoms with Crippen LogP contribution in [0.4, 0.5) is 5.69 Å². The van der Waals surface area contributed by atoms with Crippen LogP contribution < -0.4 is 10.7 Å². The first-order chi connectivity index (χ1) is 14.9. The summed E-state index contributed by atoms with van der Waals surface area (Å²) in [7, 11) is 0. The number of H-pyrrole nitrogens is 1. The van der Waals surface area contributed by atoms with Crippen molar-refractivity contribution >= 4 is 28.8 Å². The van der Waals surface area contributed by atoms with Crippen LogP contribution in [-0.4, -0.2) is 20.5 Å². The molecule has 0 aliphatic heterocycles. The second-order valence-corrected chi connectivity index (χ2v) is 7.08. The van der Waals surface area contributed by atoms with Gasteiger partial charge in [-0.15, -0.1) is 0 Å². The highest BCUT2D eigenvalue weighted by atomic mass is 35.5. The summed E-state index contributed by atoms with van der Waals surface area (Å²) in [5.74, 6) is -0.706. The Morgan fingerprint density at radius 1 is 1.16 bits per heavy atom. The molecule has 0 atom stereocenters. The van der Waals surface area contributed by atoms with Crippen molar-refractivity contribution in [3.8, 4) is 23.4 Å². The van der Waals surface area contributed by atoms with E-state index in [0.717, 1.165) is 0 Å². The van der Waals surface area contributed by atoms with Gasteiger partial charge < -0.3 is 5.32 Å². The van der Waals surface area contributed by atoms with Crippen LogP contribution in [0.5, 0.6) is 0 Å². The summed E-state index contributed by atoms with van der Waals surface area (Å²) < 4.78 is 1.41. The van der Waals surface area contributed by atoms with Crippen LogP contribution in [-0.2, 0) is 0 Å². The Labute approximate surface area is 180 Å². The van der Waals surface area contributed by atoms with Gasteiger partial charge in [0.15, 0.2) is 5.69 Å². The van der Waals surface area contributed by atoms with Crippen LogP contribution in [0.3, 0.4) is 0 Å². The van der Waals surface area contributed by atoms with Crippen LogP contribution in [0.2, 0.25) is 5.02 Å². The second-order valence-electron chi connectivity index (χ2n) is 6.64. The van der Waals surface area contributed by atoms with Gasteiger partial charge >= 0.3 is 0 Å². The van der Waals surface area contributed by atoms with E-state index in [2.05, 4.69) is 15.4 Å². The molecule has 9 heteroatoms. The van der Waals surface area contributed by atoms with Crippen molar-refractivity contribution in [2.24, 2.45) is 0 Å². The molecule has 2 aromatic heterocycles. The van der Waals surface area contributed by atoms with Gasteiger partial charge in [0.05, 0.1) is 11.3 Å². The van der Waals surface area contributed by atoms with Gasteiger partial charge in [-0.25, -0.2) is 9.50 Å². The summed E-state index contributed by atoms with van der Waals surface area (Å²) in [5.41, 5.74) is 0.954. The molecule has 0 spiro atoms. The molecule has 4 rings (SSSR count). The molecule has 8 nitrogen and oxygen atoms in total. The fourth-order valence-electron chi connectivity index (χ4n) is 3.30. The topological polar surface area (TPSA) is 127 Å². The number of hydrogen-bond donors (Lipinski definition) is 2. The highest BCUT2D eigenvalue weighted by Crippen LogP contribution is 2.24. The van der Waals surface area contributed by atoms with Crippen LogP contribution in [0.15, 0.2) is 53.3 Å². The Morgan fingerprint density at radius 2 is 1.90 bits per heavy atom. The van der Waals surface area contributed by atoms with Crippen LogP contribution in [0, 0.1) is 29.6 Å². The van der Waals surface area contributed by atoms with Gasteiger partial charge in [-0.05, 0) is 25.1 Å². The van der Waals surface area contributed by atoms with Gasteiger partial charge in [0, 0.05) is 16.3 Å². The molecule has 1 amide bonds. The smallest absolute Gasteiger partial charge is 0.261 e. The maximum Gasteiger partial charge on any atom is 0.261 e. The molecule has 0 unspecified atom stereocenters. The molecule has 31 heavy (non-hydrogen) atoms. The number of hydrogen-bond acceptors (Lipinski definition) is 5. The number of imidazole rings is 1. The number of anilines is 1. The Morgan fingerprint density at radius 3 is 2.58 bits per heavy atom. The zero-order valence-corrected chi connectivity index (χ0v) is 16.9. The minimum Gasteiger partial charge on any atom is -0.321 e. The number of carbonyl (C=O) groups excluding carboxylic acids is 1. The van der Waals surface area contributed by atoms with Gasteiger partial charge in [-0.1, -0.05) is 41.9 Å². The van der Waals surface area contributed by atoms with E-state index in [4.69, 9.17) is 11.6 Å². The average Bonchev–Trinajstić information content (AvgIpc) is 3.14. The molecule has 2 heterocycles. The van der Waals surface area contributed by atoms with Crippen LogP contribution >= 0.6 is 11.6 Å². The van der Waals surface area contributed by atoms with E-state index < -0.39 is 11.3 Å². The summed E-state index contributed by atoms with van der Waals surface area (Å²) in [6, 6.07) is 17.4. The number of carbonyl (C=O) groups is 1. The molecule has 0 saturated heterocycles. The van der Waals surface area contributed by atoms with Crippen molar-refractivity contribution in [2.45, 2.75) is 6.92 Å². The lowest BCUT2D eigenvalue weighted by Crippen LogP contribution is -2.26. The van der Waals surface area contributed by atoms with Crippen molar-refractivity contribution < 1.29 is 4.79 Å². The predicted octanol–water partition coefficient (Wildman–Crippen LogP) is 3.65. The maximum absolute atomic E-state index is 13.1. The monoisotopic (exact) mass is 428 g/mol. The number of halogens is 1. The van der Waals surface area contributed by atoms with E-state index in [1.165, 1.54) is 22.7 Å². The van der Waals surface area contributed by atoms with E-state index in [-0.39, 0.29) is 33.8 Å². The Balaban J connectivity index is 1.86. The molecular weight excluding hydrogens is 416 g/mol. The van der Waals surface area contributed by atoms with E-state index in [1.807, 2.05) is 30.3 Å². The molecule has 0 radical (unpaired) electrons. The molecule has 150 valence electrons. The Hall–Kier alpha value is -4.40. The Bertz CT molecular complexity index is 1490. The van der Waals surface area contributed by atoms with Crippen molar-refractivity contribution in [1.82, 2.24) is 14.6 Å². The number of nitrogens with one attached hydrogen (secondary N) is 2. The van der Waals surface area contributed by atoms with Crippen molar-refractivity contribution in [2.75, 3.05) is 5.32 Å². The Kier molecular flexibility index (Phi) is 5.00. The summed E-state index contributed by atoms with van der Waals surface area (Å²) in [6.45, 7) is 1.57. The van der Waals surface area contributed by atoms with Gasteiger partial charge in [-0.2, -0.15) is 10.5 Å². The number of nitrogens with zero attached hydrogens (tertiary/aromatic N) is 4. The third-order valence-electron chi connectivity index (χ3n) is 4.69. The molecule has 0 bridgehead atoms. The van der Waals surface area contributed by atoms with Gasteiger partial charge in [0.1, 0.15) is 23.4 Å². The first-order valence-corrected chi connectivity index (χ1v) is 9.44. The number of nitriles is 2. The SMILES string of the molecule is Cc1[nH]n2c(-c3ccccc3)c(C#N)nc2c(=O)c1C(=O)Nc1ccc(Cl)cc1C#N. The van der Waals surface area contributed by atoms with Crippen molar-refractivity contribution in [3.63, 3.8) is 0 Å². The minimum atomic E-state index is -0.706. The minimum absolute atomic E-state index is 0.0565. The summed E-state index contributed by atoms with van der Waals surface area (Å²) in [5, 5.41) is 24.7. The van der Waals surface area contributed by atoms with Gasteiger partial charge in [0.2, 0.25) is 11.1 Å². The number of fused-ring (bicyclic) bond motifs is 1. The fourth-order valence-corrected chi connectivity index (χ4v) is 3.48. The second kappa shape index (κ2) is 7.79. The number of aryl methyl sites for hydroxylation is 1. The van der Waals surface area contributed by atoms with Crippen LogP contribution in [0.1, 0.15) is 27.3 Å². The van der Waals surface area contributed by atoms with E-state index in [9.17, 15) is 20.1 Å². The number of aromatic nitrogens is 3. The molecule has 0 aliphatic rings. The number of benzene rings is 2. The first kappa shape index (κ1) is 19.9. The zero-order chi connectivity index (χ0) is 22.1. The van der Waals surface area contributed by atoms with E-state index in [0.29, 0.717) is 16.3 Å². The number of rotatable bonds is 3. The molecular formula is C22H13ClN6O2. The summed E-state index contributed by atoms with van der Waals surface area (Å²) >= 11 is 5.89. The lowest BCUT2D eigenvalue weighted by Gasteiger charge is -2.10. The normalized spacial score (nSPS) is 10.5. The molecule has 2 N–H and O–H groups in total. The predicted molar refractivity (Wildman–Crippen MR) is 115 cm³/mol. The molecule has 4 aromatic rings.